The van der Waals surface area contributed by atoms with Gasteiger partial charge in [-0.2, -0.15) is 7.05 Å². The van der Waals surface area contributed by atoms with E-state index in [9.17, 15) is 0 Å². The summed E-state index contributed by atoms with van der Waals surface area (Å²) in [5.41, 5.74) is 1.39. The summed E-state index contributed by atoms with van der Waals surface area (Å²) in [6.07, 6.45) is 1.12. The van der Waals surface area contributed by atoms with E-state index in [0.29, 0.717) is 0 Å². The highest BCUT2D eigenvalue weighted by atomic mass is 14.8. The van der Waals surface area contributed by atoms with E-state index in [2.05, 4.69) is 31.3 Å². The molecule has 1 heteroatoms. The molecular formula is C10H17N. The summed E-state index contributed by atoms with van der Waals surface area (Å²) in [6, 6.07) is 10.5. The van der Waals surface area contributed by atoms with E-state index in [-0.39, 0.29) is 7.43 Å². The number of hydrogen-bond acceptors (Lipinski definition) is 0. The largest absolute Gasteiger partial charge is 0.479 e. The van der Waals surface area contributed by atoms with Crippen LogP contribution in [-0.4, -0.2) is 6.54 Å². The molecule has 0 aliphatic rings. The summed E-state index contributed by atoms with van der Waals surface area (Å²) in [5.74, 6) is 0. The van der Waals surface area contributed by atoms with Gasteiger partial charge in [0.1, 0.15) is 0 Å². The van der Waals surface area contributed by atoms with Crippen molar-refractivity contribution in [2.24, 2.45) is 0 Å². The Morgan fingerprint density at radius 1 is 1.18 bits per heavy atom. The van der Waals surface area contributed by atoms with Crippen molar-refractivity contribution in [1.29, 1.82) is 0 Å². The second-order valence-electron chi connectivity index (χ2n) is 2.31. The second-order valence-corrected chi connectivity index (χ2v) is 2.31. The van der Waals surface area contributed by atoms with Gasteiger partial charge in [0.25, 0.3) is 0 Å². The van der Waals surface area contributed by atoms with E-state index in [1.165, 1.54) is 5.56 Å². The highest BCUT2D eigenvalue weighted by molar-refractivity contribution is 5.14. The van der Waals surface area contributed by atoms with Gasteiger partial charge >= 0.3 is 0 Å². The van der Waals surface area contributed by atoms with E-state index in [1.54, 1.807) is 0 Å². The minimum Gasteiger partial charge on any atom is -0.479 e. The monoisotopic (exact) mass is 151 g/mol. The lowest BCUT2D eigenvalue weighted by Gasteiger charge is -1.99. The van der Waals surface area contributed by atoms with Crippen LogP contribution in [0.25, 0.3) is 0 Å². The predicted octanol–water partition coefficient (Wildman–Crippen LogP) is 1.22. The first-order valence-corrected chi connectivity index (χ1v) is 3.58. The van der Waals surface area contributed by atoms with Crippen molar-refractivity contribution >= 4 is 0 Å². The molecule has 1 aromatic rings. The third-order valence-corrected chi connectivity index (χ3v) is 1.48. The topological polar surface area (TPSA) is 16.6 Å². The van der Waals surface area contributed by atoms with Crippen molar-refractivity contribution in [2.45, 2.75) is 13.8 Å². The number of nitrogens with two attached hydrogens (primary N) is 1. The van der Waals surface area contributed by atoms with Crippen LogP contribution in [0.4, 0.5) is 0 Å². The Bertz CT molecular complexity index is 169. The van der Waals surface area contributed by atoms with Gasteiger partial charge in [-0.25, -0.2) is 0 Å². The molecule has 0 aliphatic carbocycles. The average molecular weight is 151 g/mol. The van der Waals surface area contributed by atoms with Gasteiger partial charge in [-0.15, -0.1) is 0 Å². The van der Waals surface area contributed by atoms with Gasteiger partial charge in [0.15, 0.2) is 0 Å². The maximum absolute atomic E-state index is 3.68. The summed E-state index contributed by atoms with van der Waals surface area (Å²) >= 11 is 0. The van der Waals surface area contributed by atoms with E-state index < -0.39 is 0 Å². The van der Waals surface area contributed by atoms with Crippen LogP contribution in [-0.2, 0) is 6.42 Å². The Labute approximate surface area is 69.4 Å². The van der Waals surface area contributed by atoms with Crippen LogP contribution in [0.1, 0.15) is 13.0 Å². The van der Waals surface area contributed by atoms with Crippen molar-refractivity contribution in [2.75, 3.05) is 6.54 Å². The molecule has 2 N–H and O–H groups in total. The Morgan fingerprint density at radius 3 is 2.36 bits per heavy atom. The maximum Gasteiger partial charge on any atom is 0.0556 e. The molecule has 0 heterocycles. The summed E-state index contributed by atoms with van der Waals surface area (Å²) in [5, 5.41) is 1.95. The fourth-order valence-corrected chi connectivity index (χ4v) is 0.913. The SMILES string of the molecule is C.[CH2-][NH2+]CCc1ccccc1. The van der Waals surface area contributed by atoms with Gasteiger partial charge in [0, 0.05) is 6.42 Å². The Kier molecular flexibility index (Phi) is 5.49. The van der Waals surface area contributed by atoms with Gasteiger partial charge in [-0.1, -0.05) is 37.8 Å². The van der Waals surface area contributed by atoms with E-state index in [0.717, 1.165) is 13.0 Å². The van der Waals surface area contributed by atoms with Crippen molar-refractivity contribution in [3.63, 3.8) is 0 Å². The van der Waals surface area contributed by atoms with Crippen LogP contribution in [0.2, 0.25) is 0 Å². The lowest BCUT2D eigenvalue weighted by molar-refractivity contribution is -0.594. The molecule has 0 unspecified atom stereocenters. The smallest absolute Gasteiger partial charge is 0.0556 e. The van der Waals surface area contributed by atoms with Gasteiger partial charge in [-0.3, -0.25) is 0 Å². The summed E-state index contributed by atoms with van der Waals surface area (Å²) in [6.45, 7) is 1.07. The molecule has 0 radical (unpaired) electrons. The zero-order chi connectivity index (χ0) is 7.23. The third-order valence-electron chi connectivity index (χ3n) is 1.48. The van der Waals surface area contributed by atoms with Crippen LogP contribution in [0.3, 0.4) is 0 Å². The van der Waals surface area contributed by atoms with Gasteiger partial charge < -0.3 is 5.32 Å². The van der Waals surface area contributed by atoms with Crippen LogP contribution in [0, 0.1) is 7.05 Å². The number of quaternary nitrogens is 1. The number of hydrogen-bond donors (Lipinski definition) is 1. The molecule has 11 heavy (non-hydrogen) atoms. The Balaban J connectivity index is 0.000001000. The Morgan fingerprint density at radius 2 is 1.82 bits per heavy atom. The quantitative estimate of drug-likeness (QED) is 0.626. The van der Waals surface area contributed by atoms with Crippen molar-refractivity contribution < 1.29 is 5.32 Å². The van der Waals surface area contributed by atoms with Gasteiger partial charge in [-0.05, 0) is 5.56 Å². The predicted molar refractivity (Wildman–Crippen MR) is 49.0 cm³/mol. The maximum atomic E-state index is 3.68. The highest BCUT2D eigenvalue weighted by Crippen LogP contribution is 1.96. The lowest BCUT2D eigenvalue weighted by Crippen LogP contribution is -2.77. The van der Waals surface area contributed by atoms with E-state index >= 15 is 0 Å². The fraction of sp³-hybridized carbons (Fsp3) is 0.300. The molecule has 0 saturated heterocycles. The lowest BCUT2D eigenvalue weighted by atomic mass is 10.2. The molecule has 1 rings (SSSR count). The fourth-order valence-electron chi connectivity index (χ4n) is 0.913. The van der Waals surface area contributed by atoms with Crippen molar-refractivity contribution in [3.8, 4) is 0 Å². The minimum absolute atomic E-state index is 0. The first-order chi connectivity index (χ1) is 4.93. The van der Waals surface area contributed by atoms with E-state index in [4.69, 9.17) is 0 Å². The molecule has 0 spiro atoms. The van der Waals surface area contributed by atoms with Crippen molar-refractivity contribution in [3.05, 3.63) is 42.9 Å². The molecule has 0 aromatic heterocycles. The highest BCUT2D eigenvalue weighted by Gasteiger charge is 1.87. The molecular weight excluding hydrogens is 134 g/mol. The molecule has 0 aliphatic heterocycles. The summed E-state index contributed by atoms with van der Waals surface area (Å²) in [4.78, 5) is 0. The van der Waals surface area contributed by atoms with Gasteiger partial charge in [0.2, 0.25) is 0 Å². The first kappa shape index (κ1) is 10.2. The normalized spacial score (nSPS) is 8.82. The standard InChI is InChI=1S/C9H13N.CH4/c1-10-8-7-9-5-3-2-4-6-9;/h2-6H,1,7-8,10H2;1H4. The van der Waals surface area contributed by atoms with Crippen LogP contribution < -0.4 is 5.32 Å². The second kappa shape index (κ2) is 5.93. The average Bonchev–Trinajstić information content (AvgIpc) is 2.03. The summed E-state index contributed by atoms with van der Waals surface area (Å²) in [7, 11) is 3.68. The molecule has 0 fully saturated rings. The van der Waals surface area contributed by atoms with Crippen LogP contribution in [0.5, 0.6) is 0 Å². The minimum atomic E-state index is 0. The van der Waals surface area contributed by atoms with Crippen molar-refractivity contribution in [1.82, 2.24) is 0 Å². The van der Waals surface area contributed by atoms with E-state index in [1.807, 2.05) is 11.4 Å². The van der Waals surface area contributed by atoms with Gasteiger partial charge in [0.05, 0.1) is 6.54 Å². The molecule has 1 nitrogen and oxygen atoms in total. The molecule has 62 valence electrons. The van der Waals surface area contributed by atoms with Crippen LogP contribution >= 0.6 is 0 Å². The molecule has 0 amide bonds. The molecule has 1 aromatic carbocycles. The summed E-state index contributed by atoms with van der Waals surface area (Å²) < 4.78 is 0. The number of benzene rings is 1. The van der Waals surface area contributed by atoms with Crippen LogP contribution in [0.15, 0.2) is 30.3 Å². The molecule has 0 bridgehead atoms. The number of rotatable bonds is 3. The zero-order valence-electron chi connectivity index (χ0n) is 6.09. The Hall–Kier alpha value is -0.820. The molecule has 0 atom stereocenters. The molecule has 0 saturated carbocycles. The first-order valence-electron chi connectivity index (χ1n) is 3.58. The zero-order valence-corrected chi connectivity index (χ0v) is 6.09. The third kappa shape index (κ3) is 3.79.